The lowest BCUT2D eigenvalue weighted by atomic mass is 9.69. The van der Waals surface area contributed by atoms with Crippen LogP contribution in [0.1, 0.15) is 46.9 Å². The van der Waals surface area contributed by atoms with Crippen LogP contribution in [0.2, 0.25) is 0 Å². The number of nitrogens with zero attached hydrogens (tertiary/aromatic N) is 4. The lowest BCUT2D eigenvalue weighted by molar-refractivity contribution is 0.730. The minimum absolute atomic E-state index is 0.692. The molecule has 0 aliphatic heterocycles. The third kappa shape index (κ3) is 4.82. The van der Waals surface area contributed by atoms with E-state index in [0.717, 1.165) is 52.2 Å². The third-order valence-electron chi connectivity index (χ3n) is 12.2. The fourth-order valence-corrected chi connectivity index (χ4v) is 9.73. The van der Waals surface area contributed by atoms with Gasteiger partial charge in [0.15, 0.2) is 0 Å². The molecule has 0 atom stereocenters. The van der Waals surface area contributed by atoms with Crippen LogP contribution in [0.15, 0.2) is 182 Å². The van der Waals surface area contributed by atoms with Gasteiger partial charge in [-0.2, -0.15) is 0 Å². The molecule has 2 aliphatic rings. The molecule has 9 aromatic rings. The normalized spacial score (nSPS) is 14.6. The standard InChI is InChI=1S/C52H39N5/c1-2-9-43-44-33-50-45(32-46(44)52(51(43)53,36-24-28-54-29-25-36)37-26-30-55-31-27-37)42-12-5-8-15-49(42)57(50)39-22-18-35(19-23-39)34-16-20-38(21-17-34)56-47-13-6-3-10-40(47)41-11-4-7-14-48(41)56/h2-4,6-11,13-33H,5,12,53H2,1H3/b9-2-. The number of para-hydroxylation sites is 2. The minimum atomic E-state index is -0.692. The van der Waals surface area contributed by atoms with Crippen molar-refractivity contribution in [2.45, 2.75) is 25.2 Å². The molecule has 5 nitrogen and oxygen atoms in total. The van der Waals surface area contributed by atoms with Crippen molar-refractivity contribution in [3.8, 4) is 22.5 Å². The first-order chi connectivity index (χ1) is 28.2. The van der Waals surface area contributed by atoms with Crippen LogP contribution >= 0.6 is 0 Å². The summed E-state index contributed by atoms with van der Waals surface area (Å²) in [4.78, 5) is 8.77. The molecular weight excluding hydrogens is 695 g/mol. The summed E-state index contributed by atoms with van der Waals surface area (Å²) < 4.78 is 4.81. The van der Waals surface area contributed by atoms with E-state index in [-0.39, 0.29) is 0 Å². The van der Waals surface area contributed by atoms with Crippen molar-refractivity contribution < 1.29 is 0 Å². The summed E-state index contributed by atoms with van der Waals surface area (Å²) in [5.74, 6) is 0. The van der Waals surface area contributed by atoms with Crippen LogP contribution in [-0.4, -0.2) is 19.1 Å². The molecule has 0 saturated carbocycles. The van der Waals surface area contributed by atoms with E-state index in [1.165, 1.54) is 60.7 Å². The Morgan fingerprint density at radius 1 is 0.614 bits per heavy atom. The summed E-state index contributed by atoms with van der Waals surface area (Å²) in [5.41, 5.74) is 24.0. The summed E-state index contributed by atoms with van der Waals surface area (Å²) in [6, 6.07) is 48.5. The van der Waals surface area contributed by atoms with Crippen LogP contribution in [0.25, 0.3) is 66.9 Å². The Bertz CT molecular complexity index is 3010. The number of rotatable bonds is 6. The predicted octanol–water partition coefficient (Wildman–Crippen LogP) is 11.7. The van der Waals surface area contributed by atoms with Gasteiger partial charge in [-0.3, -0.25) is 9.97 Å². The highest BCUT2D eigenvalue weighted by Gasteiger charge is 2.47. The van der Waals surface area contributed by atoms with Crippen molar-refractivity contribution >= 4 is 44.4 Å². The molecule has 4 heterocycles. The maximum absolute atomic E-state index is 7.40. The highest BCUT2D eigenvalue weighted by atomic mass is 15.0. The Labute approximate surface area is 331 Å². The van der Waals surface area contributed by atoms with Gasteiger partial charge in [0.2, 0.25) is 0 Å². The molecular formula is C52H39N5. The van der Waals surface area contributed by atoms with Crippen LogP contribution in [0.5, 0.6) is 0 Å². The molecule has 5 heteroatoms. The summed E-state index contributed by atoms with van der Waals surface area (Å²) in [7, 11) is 0. The number of nitrogens with two attached hydrogens (primary N) is 1. The number of aromatic nitrogens is 4. The monoisotopic (exact) mass is 733 g/mol. The number of aryl methyl sites for hydroxylation is 1. The number of allylic oxidation sites excluding steroid dienone is 5. The van der Waals surface area contributed by atoms with E-state index in [9.17, 15) is 0 Å². The average Bonchev–Trinajstić information content (AvgIpc) is 3.87. The number of hydrogen-bond acceptors (Lipinski definition) is 3. The van der Waals surface area contributed by atoms with Gasteiger partial charge in [-0.15, -0.1) is 0 Å². The number of hydrogen-bond donors (Lipinski definition) is 1. The van der Waals surface area contributed by atoms with Crippen LogP contribution < -0.4 is 5.73 Å². The Morgan fingerprint density at radius 2 is 1.18 bits per heavy atom. The fourth-order valence-electron chi connectivity index (χ4n) is 9.73. The molecule has 2 N–H and O–H groups in total. The second kappa shape index (κ2) is 12.9. The van der Waals surface area contributed by atoms with E-state index in [1.54, 1.807) is 0 Å². The molecule has 0 unspecified atom stereocenters. The van der Waals surface area contributed by atoms with Gasteiger partial charge >= 0.3 is 0 Å². The first-order valence-electron chi connectivity index (χ1n) is 19.7. The van der Waals surface area contributed by atoms with Gasteiger partial charge in [0.1, 0.15) is 0 Å². The summed E-state index contributed by atoms with van der Waals surface area (Å²) in [5, 5.41) is 3.80. The van der Waals surface area contributed by atoms with Crippen LogP contribution in [0.4, 0.5) is 0 Å². The predicted molar refractivity (Wildman–Crippen MR) is 235 cm³/mol. The van der Waals surface area contributed by atoms with Crippen molar-refractivity contribution in [2.75, 3.05) is 0 Å². The van der Waals surface area contributed by atoms with Crippen LogP contribution in [-0.2, 0) is 11.8 Å². The zero-order valence-electron chi connectivity index (χ0n) is 31.6. The zero-order valence-corrected chi connectivity index (χ0v) is 31.6. The van der Waals surface area contributed by atoms with Gasteiger partial charge in [0.05, 0.1) is 22.0 Å². The first kappa shape index (κ1) is 33.1. The molecule has 0 spiro atoms. The fraction of sp³-hybridized carbons (Fsp3) is 0.0769. The number of pyridine rings is 2. The van der Waals surface area contributed by atoms with E-state index >= 15 is 0 Å². The van der Waals surface area contributed by atoms with Gasteiger partial charge < -0.3 is 14.9 Å². The quantitative estimate of drug-likeness (QED) is 0.185. The van der Waals surface area contributed by atoms with E-state index in [1.807, 2.05) is 24.8 Å². The molecule has 0 saturated heterocycles. The van der Waals surface area contributed by atoms with E-state index < -0.39 is 5.41 Å². The van der Waals surface area contributed by atoms with Crippen molar-refractivity contribution in [3.05, 3.63) is 216 Å². The van der Waals surface area contributed by atoms with E-state index in [4.69, 9.17) is 5.73 Å². The molecule has 0 bridgehead atoms. The summed E-state index contributed by atoms with van der Waals surface area (Å²) in [6.07, 6.45) is 18.3. The Kier molecular flexibility index (Phi) is 7.51. The maximum Gasteiger partial charge on any atom is 0.0861 e. The summed E-state index contributed by atoms with van der Waals surface area (Å²) >= 11 is 0. The van der Waals surface area contributed by atoms with Crippen molar-refractivity contribution in [1.82, 2.24) is 19.1 Å². The zero-order chi connectivity index (χ0) is 38.1. The first-order valence-corrected chi connectivity index (χ1v) is 19.7. The van der Waals surface area contributed by atoms with Gasteiger partial charge in [0.25, 0.3) is 0 Å². The Balaban J connectivity index is 1.04. The number of fused-ring (bicyclic) bond motifs is 7. The molecule has 272 valence electrons. The van der Waals surface area contributed by atoms with Crippen molar-refractivity contribution in [2.24, 2.45) is 5.73 Å². The van der Waals surface area contributed by atoms with Crippen molar-refractivity contribution in [3.63, 3.8) is 0 Å². The lowest BCUT2D eigenvalue weighted by Crippen LogP contribution is -2.33. The second-order valence-corrected chi connectivity index (χ2v) is 15.1. The van der Waals surface area contributed by atoms with Crippen molar-refractivity contribution in [1.29, 1.82) is 0 Å². The molecule has 0 amide bonds. The van der Waals surface area contributed by atoms with Gasteiger partial charge in [-0.05, 0) is 138 Å². The van der Waals surface area contributed by atoms with Gasteiger partial charge in [-0.25, -0.2) is 0 Å². The van der Waals surface area contributed by atoms with Crippen LogP contribution in [0, 0.1) is 0 Å². The molecule has 0 fully saturated rings. The molecule has 4 aromatic heterocycles. The average molecular weight is 734 g/mol. The third-order valence-corrected chi connectivity index (χ3v) is 12.2. The highest BCUT2D eigenvalue weighted by molar-refractivity contribution is 6.09. The smallest absolute Gasteiger partial charge is 0.0861 e. The van der Waals surface area contributed by atoms with E-state index in [0.29, 0.717) is 0 Å². The molecule has 5 aromatic carbocycles. The van der Waals surface area contributed by atoms with Crippen LogP contribution in [0.3, 0.4) is 0 Å². The Morgan fingerprint density at radius 3 is 1.75 bits per heavy atom. The molecule has 0 radical (unpaired) electrons. The largest absolute Gasteiger partial charge is 0.400 e. The highest BCUT2D eigenvalue weighted by Crippen LogP contribution is 2.54. The molecule has 11 rings (SSSR count). The summed E-state index contributed by atoms with van der Waals surface area (Å²) in [6.45, 7) is 2.06. The Hall–Kier alpha value is -7.24. The number of benzene rings is 5. The minimum Gasteiger partial charge on any atom is -0.400 e. The molecule has 2 aliphatic carbocycles. The lowest BCUT2D eigenvalue weighted by Gasteiger charge is -2.33. The maximum atomic E-state index is 7.40. The topological polar surface area (TPSA) is 61.7 Å². The SMILES string of the molecule is C/C=C\C1=C(N)C(c2ccncc2)(c2ccncc2)c2cc3c4c(n(-c5ccc(-c6ccc(-n7c8ccccc8c8ccccc87)cc6)cc5)c3cc21)C=CCC4. The second-order valence-electron chi connectivity index (χ2n) is 15.1. The van der Waals surface area contributed by atoms with Gasteiger partial charge in [-0.1, -0.05) is 78.9 Å². The molecule has 57 heavy (non-hydrogen) atoms. The van der Waals surface area contributed by atoms with E-state index in [2.05, 4.69) is 184 Å². The van der Waals surface area contributed by atoms with Gasteiger partial charge in [0, 0.05) is 69.3 Å².